The van der Waals surface area contributed by atoms with Gasteiger partial charge in [0.05, 0.1) is 46.2 Å². The molecule has 11 nitrogen and oxygen atoms in total. The van der Waals surface area contributed by atoms with E-state index in [0.717, 1.165) is 27.8 Å². The molecular weight excluding hydrogens is 741 g/mol. The van der Waals surface area contributed by atoms with Crippen LogP contribution in [0.4, 0.5) is 0 Å². The molecule has 0 aromatic heterocycles. The van der Waals surface area contributed by atoms with Crippen molar-refractivity contribution in [1.29, 1.82) is 0 Å². The van der Waals surface area contributed by atoms with Crippen molar-refractivity contribution in [1.82, 2.24) is 0 Å². The molecule has 5 aromatic carbocycles. The van der Waals surface area contributed by atoms with Gasteiger partial charge in [-0.15, -0.1) is 0 Å². The number of aliphatic hydroxyl groups is 3. The molecule has 2 saturated heterocycles. The topological polar surface area (TPSA) is 135 Å². The van der Waals surface area contributed by atoms with Crippen molar-refractivity contribution in [2.75, 3.05) is 13.2 Å². The van der Waals surface area contributed by atoms with Crippen molar-refractivity contribution in [3.63, 3.8) is 0 Å². The second kappa shape index (κ2) is 21.6. The summed E-state index contributed by atoms with van der Waals surface area (Å²) < 4.78 is 52.2. The Morgan fingerprint density at radius 1 is 0.414 bits per heavy atom. The quantitative estimate of drug-likeness (QED) is 0.0948. The minimum absolute atomic E-state index is 0.0949. The minimum Gasteiger partial charge on any atom is -0.394 e. The van der Waals surface area contributed by atoms with E-state index in [-0.39, 0.29) is 33.0 Å². The molecule has 0 aliphatic carbocycles. The van der Waals surface area contributed by atoms with Gasteiger partial charge in [-0.2, -0.15) is 0 Å². The number of aliphatic hydroxyl groups excluding tert-OH is 3. The number of benzene rings is 5. The van der Waals surface area contributed by atoms with Crippen LogP contribution in [0.1, 0.15) is 27.8 Å². The lowest BCUT2D eigenvalue weighted by Gasteiger charge is -2.49. The molecule has 0 saturated carbocycles. The van der Waals surface area contributed by atoms with E-state index in [0.29, 0.717) is 6.61 Å². The predicted octanol–water partition coefficient (Wildman–Crippen LogP) is 5.73. The molecule has 2 fully saturated rings. The van der Waals surface area contributed by atoms with Crippen LogP contribution in [0, 0.1) is 0 Å². The van der Waals surface area contributed by atoms with Gasteiger partial charge in [0.15, 0.2) is 12.6 Å². The Morgan fingerprint density at radius 2 is 0.810 bits per heavy atom. The van der Waals surface area contributed by atoms with Crippen LogP contribution in [0.2, 0.25) is 0 Å². The number of rotatable bonds is 19. The van der Waals surface area contributed by atoms with E-state index in [1.54, 1.807) is 0 Å². The van der Waals surface area contributed by atoms with E-state index in [2.05, 4.69) is 0 Å². The molecule has 2 heterocycles. The van der Waals surface area contributed by atoms with Crippen LogP contribution in [0.3, 0.4) is 0 Å². The molecule has 7 rings (SSSR count). The van der Waals surface area contributed by atoms with Crippen LogP contribution >= 0.6 is 0 Å². The van der Waals surface area contributed by atoms with Crippen LogP contribution in [0.25, 0.3) is 0 Å². The van der Waals surface area contributed by atoms with Gasteiger partial charge in [-0.25, -0.2) is 0 Å². The maximum atomic E-state index is 11.5. The van der Waals surface area contributed by atoms with Crippen molar-refractivity contribution >= 4 is 0 Å². The van der Waals surface area contributed by atoms with E-state index in [1.165, 1.54) is 0 Å². The highest BCUT2D eigenvalue weighted by atomic mass is 16.8. The second-order valence-corrected chi connectivity index (χ2v) is 14.4. The molecule has 58 heavy (non-hydrogen) atoms. The maximum absolute atomic E-state index is 11.5. The third-order valence-corrected chi connectivity index (χ3v) is 10.2. The van der Waals surface area contributed by atoms with Crippen molar-refractivity contribution in [3.8, 4) is 0 Å². The average molecular weight is 793 g/mol. The van der Waals surface area contributed by atoms with Gasteiger partial charge in [0, 0.05) is 0 Å². The maximum Gasteiger partial charge on any atom is 0.187 e. The lowest BCUT2D eigenvalue weighted by atomic mass is 9.96. The largest absolute Gasteiger partial charge is 0.394 e. The molecule has 0 bridgehead atoms. The van der Waals surface area contributed by atoms with Gasteiger partial charge in [-0.05, 0) is 27.8 Å². The zero-order valence-electron chi connectivity index (χ0n) is 32.3. The molecule has 10 atom stereocenters. The first-order valence-electron chi connectivity index (χ1n) is 19.7. The highest BCUT2D eigenvalue weighted by Crippen LogP contribution is 2.35. The lowest BCUT2D eigenvalue weighted by Crippen LogP contribution is -2.65. The van der Waals surface area contributed by atoms with E-state index in [4.69, 9.17) is 37.9 Å². The van der Waals surface area contributed by atoms with E-state index in [1.807, 2.05) is 152 Å². The third-order valence-electron chi connectivity index (χ3n) is 10.2. The summed E-state index contributed by atoms with van der Waals surface area (Å²) in [7, 11) is 0. The lowest BCUT2D eigenvalue weighted by molar-refractivity contribution is -0.376. The summed E-state index contributed by atoms with van der Waals surface area (Å²) in [6.07, 6.45) is -10.9. The number of hydrogen-bond donors (Lipinski definition) is 3. The van der Waals surface area contributed by atoms with Gasteiger partial charge in [0.1, 0.15) is 48.8 Å². The van der Waals surface area contributed by atoms with Gasteiger partial charge in [-0.3, -0.25) is 0 Å². The summed E-state index contributed by atoms with van der Waals surface area (Å²) in [4.78, 5) is 0. The molecule has 0 radical (unpaired) electrons. The van der Waals surface area contributed by atoms with Crippen LogP contribution in [-0.4, -0.2) is 89.9 Å². The SMILES string of the molecule is OC[C@H]1O[C@@H](O)[C@H](O[C@H]2O[C@H](COCc3ccccc3)[C@H](OCc3ccccc3)[C@H](OCc3ccccc3)[C@H]2OCc2ccccc2)[C@@H](OCc2ccccc2)[C@H]1O. The predicted molar refractivity (Wildman–Crippen MR) is 214 cm³/mol. The molecule has 3 N–H and O–H groups in total. The van der Waals surface area contributed by atoms with Crippen LogP contribution in [0.5, 0.6) is 0 Å². The van der Waals surface area contributed by atoms with Crippen molar-refractivity contribution in [2.45, 2.75) is 94.4 Å². The Balaban J connectivity index is 1.23. The normalized spacial score (nSPS) is 27.3. The fourth-order valence-corrected chi connectivity index (χ4v) is 7.17. The van der Waals surface area contributed by atoms with Crippen molar-refractivity contribution in [2.24, 2.45) is 0 Å². The van der Waals surface area contributed by atoms with Gasteiger partial charge in [0.25, 0.3) is 0 Å². The van der Waals surface area contributed by atoms with Gasteiger partial charge >= 0.3 is 0 Å². The summed E-state index contributed by atoms with van der Waals surface area (Å²) in [6.45, 7) is 0.620. The Labute approximate surface area is 339 Å². The Bertz CT molecular complexity index is 1870. The first kappa shape index (κ1) is 41.8. The van der Waals surface area contributed by atoms with Crippen LogP contribution < -0.4 is 0 Å². The smallest absolute Gasteiger partial charge is 0.187 e. The first-order valence-corrected chi connectivity index (χ1v) is 19.7. The fourth-order valence-electron chi connectivity index (χ4n) is 7.17. The van der Waals surface area contributed by atoms with E-state index in [9.17, 15) is 15.3 Å². The van der Waals surface area contributed by atoms with E-state index >= 15 is 0 Å². The molecule has 2 aliphatic heterocycles. The number of ether oxygens (including phenoxy) is 8. The molecule has 0 unspecified atom stereocenters. The summed E-state index contributed by atoms with van der Waals surface area (Å²) in [5.41, 5.74) is 4.64. The first-order chi connectivity index (χ1) is 28.6. The summed E-state index contributed by atoms with van der Waals surface area (Å²) in [6, 6.07) is 48.7. The van der Waals surface area contributed by atoms with Crippen LogP contribution in [-0.2, 0) is 70.9 Å². The molecule has 0 amide bonds. The monoisotopic (exact) mass is 792 g/mol. The molecular formula is C47H52O11. The van der Waals surface area contributed by atoms with Gasteiger partial charge in [-0.1, -0.05) is 152 Å². The third kappa shape index (κ3) is 11.4. The Morgan fingerprint density at radius 3 is 1.26 bits per heavy atom. The van der Waals surface area contributed by atoms with Gasteiger partial charge < -0.3 is 53.2 Å². The van der Waals surface area contributed by atoms with Crippen LogP contribution in [0.15, 0.2) is 152 Å². The minimum atomic E-state index is -1.61. The Kier molecular flexibility index (Phi) is 15.6. The zero-order valence-corrected chi connectivity index (χ0v) is 32.3. The molecule has 11 heteroatoms. The fraction of sp³-hybridized carbons (Fsp3) is 0.362. The standard InChI is InChI=1S/C47H52O11/c48-26-38-40(49)42(53-29-35-20-10-3-11-21-35)44(46(50)56-38)58-47-45(55-31-37-24-14-5-15-25-37)43(54-30-36-22-12-4-13-23-36)41(52-28-34-18-8-2-9-19-34)39(57-47)32-51-27-33-16-6-1-7-17-33/h1-25,38-50H,26-32H2/t38-,39-,40+,41+,42+,43+,44-,45-,46-,47-/m1/s1. The number of hydrogen-bond acceptors (Lipinski definition) is 11. The molecule has 0 spiro atoms. The molecule has 2 aliphatic rings. The summed E-state index contributed by atoms with van der Waals surface area (Å²) in [5, 5.41) is 33.0. The molecule has 5 aromatic rings. The second-order valence-electron chi connectivity index (χ2n) is 14.4. The molecule has 306 valence electrons. The highest BCUT2D eigenvalue weighted by Gasteiger charge is 2.53. The van der Waals surface area contributed by atoms with Crippen molar-refractivity contribution in [3.05, 3.63) is 179 Å². The van der Waals surface area contributed by atoms with Crippen molar-refractivity contribution < 1.29 is 53.2 Å². The van der Waals surface area contributed by atoms with Gasteiger partial charge in [0.2, 0.25) is 0 Å². The summed E-state index contributed by atoms with van der Waals surface area (Å²) >= 11 is 0. The summed E-state index contributed by atoms with van der Waals surface area (Å²) in [5.74, 6) is 0. The zero-order chi connectivity index (χ0) is 39.9. The Hall–Kier alpha value is -4.34. The average Bonchev–Trinajstić information content (AvgIpc) is 3.27. The van der Waals surface area contributed by atoms with E-state index < -0.39 is 68.0 Å². The highest BCUT2D eigenvalue weighted by molar-refractivity contribution is 5.17.